The lowest BCUT2D eigenvalue weighted by Gasteiger charge is -2.17. The minimum atomic E-state index is -0.00817. The van der Waals surface area contributed by atoms with Crippen LogP contribution in [-0.2, 0) is 13.0 Å². The number of rotatable bonds is 3. The standard InChI is InChI=1S/C22H25N5O/c1-13-3-7-19-17(11-13)18(12-14(2)23-19)22(28)24-16-6-8-20-25-26-21(15-4-5-15)27(20)10-9-16/h3,7,11-12,15-16H,4-6,8-10H2,1-2H3,(H,24,28). The summed E-state index contributed by atoms with van der Waals surface area (Å²) in [7, 11) is 0. The van der Waals surface area contributed by atoms with E-state index in [2.05, 4.69) is 25.1 Å². The van der Waals surface area contributed by atoms with Crippen molar-refractivity contribution in [2.45, 2.75) is 64.5 Å². The van der Waals surface area contributed by atoms with Gasteiger partial charge in [0.1, 0.15) is 11.6 Å². The largest absolute Gasteiger partial charge is 0.349 e. The van der Waals surface area contributed by atoms with Crippen LogP contribution in [0.1, 0.15) is 64.9 Å². The Morgan fingerprint density at radius 2 is 1.96 bits per heavy atom. The van der Waals surface area contributed by atoms with E-state index in [4.69, 9.17) is 0 Å². The highest BCUT2D eigenvalue weighted by molar-refractivity contribution is 6.06. The van der Waals surface area contributed by atoms with E-state index in [-0.39, 0.29) is 11.9 Å². The molecule has 1 aromatic carbocycles. The number of hydrogen-bond donors (Lipinski definition) is 1. The van der Waals surface area contributed by atoms with Gasteiger partial charge in [0.25, 0.3) is 5.91 Å². The topological polar surface area (TPSA) is 72.7 Å². The maximum atomic E-state index is 13.1. The van der Waals surface area contributed by atoms with E-state index in [0.29, 0.717) is 11.5 Å². The second-order valence-corrected chi connectivity index (χ2v) is 8.23. The van der Waals surface area contributed by atoms with Crippen molar-refractivity contribution in [3.05, 3.63) is 52.7 Å². The predicted molar refractivity (Wildman–Crippen MR) is 107 cm³/mol. The van der Waals surface area contributed by atoms with Crippen molar-refractivity contribution in [1.29, 1.82) is 0 Å². The first-order valence-electron chi connectivity index (χ1n) is 10.2. The highest BCUT2D eigenvalue weighted by Crippen LogP contribution is 2.39. The number of carbonyl (C=O) groups excluding carboxylic acids is 1. The maximum absolute atomic E-state index is 13.1. The summed E-state index contributed by atoms with van der Waals surface area (Å²) in [6.45, 7) is 4.86. The van der Waals surface area contributed by atoms with Gasteiger partial charge in [-0.25, -0.2) is 0 Å². The predicted octanol–water partition coefficient (Wildman–Crippen LogP) is 3.46. The highest BCUT2D eigenvalue weighted by Gasteiger charge is 2.31. The zero-order valence-corrected chi connectivity index (χ0v) is 16.4. The van der Waals surface area contributed by atoms with Crippen LogP contribution in [0, 0.1) is 13.8 Å². The Morgan fingerprint density at radius 1 is 1.11 bits per heavy atom. The number of fused-ring (bicyclic) bond motifs is 2. The summed E-state index contributed by atoms with van der Waals surface area (Å²) in [5, 5.41) is 13.0. The Labute approximate surface area is 164 Å². The Morgan fingerprint density at radius 3 is 2.79 bits per heavy atom. The van der Waals surface area contributed by atoms with Gasteiger partial charge >= 0.3 is 0 Å². The molecular weight excluding hydrogens is 350 g/mol. The van der Waals surface area contributed by atoms with Gasteiger partial charge in [0.15, 0.2) is 0 Å². The van der Waals surface area contributed by atoms with Crippen molar-refractivity contribution < 1.29 is 4.79 Å². The number of pyridine rings is 1. The van der Waals surface area contributed by atoms with Crippen LogP contribution in [0.2, 0.25) is 0 Å². The second kappa shape index (κ2) is 6.69. The maximum Gasteiger partial charge on any atom is 0.252 e. The Balaban J connectivity index is 1.36. The van der Waals surface area contributed by atoms with Crippen LogP contribution >= 0.6 is 0 Å². The average Bonchev–Trinajstić information content (AvgIpc) is 3.47. The smallest absolute Gasteiger partial charge is 0.252 e. The second-order valence-electron chi connectivity index (χ2n) is 8.23. The third kappa shape index (κ3) is 3.17. The molecule has 1 unspecified atom stereocenters. The molecule has 1 N–H and O–H groups in total. The van der Waals surface area contributed by atoms with Gasteiger partial charge in [0.2, 0.25) is 0 Å². The molecule has 1 aliphatic heterocycles. The van der Waals surface area contributed by atoms with Crippen molar-refractivity contribution in [2.24, 2.45) is 0 Å². The first kappa shape index (κ1) is 17.3. The summed E-state index contributed by atoms with van der Waals surface area (Å²) in [6.07, 6.45) is 5.13. The van der Waals surface area contributed by atoms with Crippen LogP contribution in [0.4, 0.5) is 0 Å². The van der Waals surface area contributed by atoms with Crippen LogP contribution in [0.5, 0.6) is 0 Å². The summed E-state index contributed by atoms with van der Waals surface area (Å²) < 4.78 is 2.29. The number of benzene rings is 1. The number of carbonyl (C=O) groups is 1. The van der Waals surface area contributed by atoms with Gasteiger partial charge < -0.3 is 9.88 Å². The zero-order chi connectivity index (χ0) is 19.3. The minimum Gasteiger partial charge on any atom is -0.349 e. The van der Waals surface area contributed by atoms with Crippen molar-refractivity contribution >= 4 is 16.8 Å². The molecule has 2 aromatic heterocycles. The monoisotopic (exact) mass is 375 g/mol. The lowest BCUT2D eigenvalue weighted by Crippen LogP contribution is -2.35. The molecule has 6 nitrogen and oxygen atoms in total. The van der Waals surface area contributed by atoms with Crippen LogP contribution in [-0.4, -0.2) is 31.7 Å². The van der Waals surface area contributed by atoms with Gasteiger partial charge in [-0.3, -0.25) is 9.78 Å². The molecule has 0 spiro atoms. The first-order valence-corrected chi connectivity index (χ1v) is 10.2. The molecule has 1 atom stereocenters. The summed E-state index contributed by atoms with van der Waals surface area (Å²) in [4.78, 5) is 17.7. The van der Waals surface area contributed by atoms with Gasteiger partial charge in [0, 0.05) is 36.0 Å². The third-order valence-corrected chi connectivity index (χ3v) is 5.89. The van der Waals surface area contributed by atoms with Crippen LogP contribution in [0.15, 0.2) is 24.3 Å². The zero-order valence-electron chi connectivity index (χ0n) is 16.4. The molecule has 6 heteroatoms. The van der Waals surface area contributed by atoms with Crippen molar-refractivity contribution in [3.63, 3.8) is 0 Å². The number of aromatic nitrogens is 4. The van der Waals surface area contributed by atoms with E-state index < -0.39 is 0 Å². The molecule has 3 heterocycles. The molecule has 1 aliphatic carbocycles. The van der Waals surface area contributed by atoms with Crippen LogP contribution in [0.3, 0.4) is 0 Å². The normalized spacial score (nSPS) is 19.3. The van der Waals surface area contributed by atoms with E-state index in [1.165, 1.54) is 12.8 Å². The summed E-state index contributed by atoms with van der Waals surface area (Å²) in [6, 6.07) is 8.12. The minimum absolute atomic E-state index is 0.00817. The SMILES string of the molecule is Cc1ccc2nc(C)cc(C(=O)NC3CCc4nnc(C5CC5)n4CC3)c2c1. The van der Waals surface area contributed by atoms with Gasteiger partial charge in [-0.15, -0.1) is 10.2 Å². The number of hydrogen-bond acceptors (Lipinski definition) is 4. The van der Waals surface area contributed by atoms with Gasteiger partial charge in [0.05, 0.1) is 11.1 Å². The fourth-order valence-corrected chi connectivity index (χ4v) is 4.22. The van der Waals surface area contributed by atoms with Crippen molar-refractivity contribution in [1.82, 2.24) is 25.1 Å². The molecule has 1 saturated carbocycles. The molecule has 0 saturated heterocycles. The van der Waals surface area contributed by atoms with Gasteiger partial charge in [-0.05, 0) is 57.7 Å². The average molecular weight is 375 g/mol. The fraction of sp³-hybridized carbons (Fsp3) is 0.455. The molecule has 0 bridgehead atoms. The van der Waals surface area contributed by atoms with E-state index >= 15 is 0 Å². The van der Waals surface area contributed by atoms with E-state index in [9.17, 15) is 4.79 Å². The van der Waals surface area contributed by atoms with Gasteiger partial charge in [-0.1, -0.05) is 11.6 Å². The summed E-state index contributed by atoms with van der Waals surface area (Å²) in [5.41, 5.74) is 3.58. The molecule has 3 aromatic rings. The molecule has 1 amide bonds. The van der Waals surface area contributed by atoms with Crippen molar-refractivity contribution in [2.75, 3.05) is 0 Å². The molecule has 2 aliphatic rings. The van der Waals surface area contributed by atoms with Crippen molar-refractivity contribution in [3.8, 4) is 0 Å². The highest BCUT2D eigenvalue weighted by atomic mass is 16.1. The molecule has 144 valence electrons. The van der Waals surface area contributed by atoms with Crippen LogP contribution in [0.25, 0.3) is 10.9 Å². The Bertz CT molecular complexity index is 1070. The summed E-state index contributed by atoms with van der Waals surface area (Å²) >= 11 is 0. The number of aryl methyl sites for hydroxylation is 3. The fourth-order valence-electron chi connectivity index (χ4n) is 4.22. The quantitative estimate of drug-likeness (QED) is 0.761. The first-order chi connectivity index (χ1) is 13.6. The van der Waals surface area contributed by atoms with E-state index in [1.54, 1.807) is 0 Å². The van der Waals surface area contributed by atoms with E-state index in [0.717, 1.165) is 59.6 Å². The number of nitrogens with one attached hydrogen (secondary N) is 1. The Hall–Kier alpha value is -2.76. The lowest BCUT2D eigenvalue weighted by molar-refractivity contribution is 0.0934. The molecular formula is C22H25N5O. The Kier molecular flexibility index (Phi) is 4.14. The lowest BCUT2D eigenvalue weighted by atomic mass is 10.0. The van der Waals surface area contributed by atoms with E-state index in [1.807, 2.05) is 38.1 Å². The number of nitrogens with zero attached hydrogens (tertiary/aromatic N) is 4. The number of amides is 1. The molecule has 5 rings (SSSR count). The van der Waals surface area contributed by atoms with Gasteiger partial charge in [-0.2, -0.15) is 0 Å². The molecule has 0 radical (unpaired) electrons. The summed E-state index contributed by atoms with van der Waals surface area (Å²) in [5.74, 6) is 2.81. The molecule has 1 fully saturated rings. The van der Waals surface area contributed by atoms with Crippen LogP contribution < -0.4 is 5.32 Å². The third-order valence-electron chi connectivity index (χ3n) is 5.89. The molecule has 28 heavy (non-hydrogen) atoms.